The Morgan fingerprint density at radius 1 is 1.29 bits per heavy atom. The summed E-state index contributed by atoms with van der Waals surface area (Å²) in [5.74, 6) is 0.0823. The van der Waals surface area contributed by atoms with Gasteiger partial charge >= 0.3 is 5.97 Å². The monoisotopic (exact) mass is 568 g/mol. The second kappa shape index (κ2) is 8.76. The molecule has 1 atom stereocenters. The minimum Gasteiger partial charge on any atom is -0.459 e. The Morgan fingerprint density at radius 3 is 2.61 bits per heavy atom. The van der Waals surface area contributed by atoms with Crippen molar-refractivity contribution in [3.05, 3.63) is 87.5 Å². The van der Waals surface area contributed by atoms with Gasteiger partial charge < -0.3 is 9.15 Å². The molecule has 3 aromatic rings. The number of benzene rings is 1. The molecule has 0 radical (unpaired) electrons. The van der Waals surface area contributed by atoms with E-state index in [4.69, 9.17) is 20.8 Å². The number of hydrogen-bond acceptors (Lipinski definition) is 6. The third-order valence-corrected chi connectivity index (χ3v) is 6.45. The predicted molar refractivity (Wildman–Crippen MR) is 128 cm³/mol. The molecule has 160 valence electrons. The molecule has 0 amide bonds. The van der Waals surface area contributed by atoms with Crippen molar-refractivity contribution in [1.29, 1.82) is 0 Å². The molecule has 0 aliphatic carbocycles. The normalized spacial score (nSPS) is 16.5. The Labute approximate surface area is 200 Å². The van der Waals surface area contributed by atoms with Crippen LogP contribution in [0.3, 0.4) is 0 Å². The molecule has 1 aromatic carbocycles. The first-order valence-electron chi connectivity index (χ1n) is 9.49. The number of carbonyl (C=O) groups is 1. The average Bonchev–Trinajstić information content (AvgIpc) is 3.24. The number of esters is 1. The van der Waals surface area contributed by atoms with Crippen LogP contribution in [0.15, 0.2) is 61.9 Å². The van der Waals surface area contributed by atoms with E-state index in [1.165, 1.54) is 15.9 Å². The van der Waals surface area contributed by atoms with Gasteiger partial charge in [-0.15, -0.1) is 0 Å². The molecule has 2 aromatic heterocycles. The first kappa shape index (κ1) is 22.0. The lowest BCUT2D eigenvalue weighted by Crippen LogP contribution is -2.40. The molecule has 6 nitrogen and oxygen atoms in total. The molecule has 1 aliphatic heterocycles. The van der Waals surface area contributed by atoms with E-state index in [1.54, 1.807) is 57.2 Å². The molecule has 9 heteroatoms. The van der Waals surface area contributed by atoms with Gasteiger partial charge in [-0.2, -0.15) is 0 Å². The Balaban J connectivity index is 1.95. The molecule has 0 saturated carbocycles. The maximum absolute atomic E-state index is 13.4. The summed E-state index contributed by atoms with van der Waals surface area (Å²) in [5.41, 5.74) is 1.35. The van der Waals surface area contributed by atoms with Crippen LogP contribution in [0, 0.1) is 3.77 Å². The Bertz CT molecular complexity index is 1370. The van der Waals surface area contributed by atoms with Gasteiger partial charge in [0.1, 0.15) is 5.76 Å². The second-order valence-corrected chi connectivity index (χ2v) is 9.74. The molecule has 0 N–H and O–H groups in total. The van der Waals surface area contributed by atoms with Crippen LogP contribution >= 0.6 is 45.5 Å². The number of furan rings is 1. The quantitative estimate of drug-likeness (QED) is 0.352. The molecule has 4 rings (SSSR count). The Kier molecular flexibility index (Phi) is 6.23. The molecule has 3 heterocycles. The van der Waals surface area contributed by atoms with Gasteiger partial charge in [0, 0.05) is 11.1 Å². The number of allylic oxidation sites excluding steroid dienone is 1. The number of nitrogens with zero attached hydrogens (tertiary/aromatic N) is 2. The molecule has 0 bridgehead atoms. The van der Waals surface area contributed by atoms with Crippen molar-refractivity contribution < 1.29 is 13.9 Å². The fraction of sp³-hybridized carbons (Fsp3) is 0.227. The van der Waals surface area contributed by atoms with Gasteiger partial charge in [-0.05, 0) is 73.2 Å². The van der Waals surface area contributed by atoms with Crippen molar-refractivity contribution in [2.45, 2.75) is 32.9 Å². The number of ether oxygens (including phenoxy) is 1. The van der Waals surface area contributed by atoms with Crippen LogP contribution in [0.1, 0.15) is 38.1 Å². The summed E-state index contributed by atoms with van der Waals surface area (Å²) < 4.78 is 13.8. The van der Waals surface area contributed by atoms with Gasteiger partial charge in [-0.25, -0.2) is 9.79 Å². The van der Waals surface area contributed by atoms with Crippen molar-refractivity contribution in [3.63, 3.8) is 0 Å². The second-order valence-electron chi connectivity index (χ2n) is 7.23. The van der Waals surface area contributed by atoms with Crippen LogP contribution < -0.4 is 14.9 Å². The molecule has 0 fully saturated rings. The zero-order valence-corrected chi connectivity index (χ0v) is 20.6. The molecule has 1 aliphatic rings. The molecule has 0 spiro atoms. The highest BCUT2D eigenvalue weighted by Crippen LogP contribution is 2.31. The number of halogens is 2. The Morgan fingerprint density at radius 2 is 2.00 bits per heavy atom. The predicted octanol–water partition coefficient (Wildman–Crippen LogP) is 4.04. The summed E-state index contributed by atoms with van der Waals surface area (Å²) in [7, 11) is 0. The van der Waals surface area contributed by atoms with E-state index in [-0.39, 0.29) is 11.7 Å². The number of hydrogen-bond donors (Lipinski definition) is 0. The SMILES string of the molecule is CC1=C(C(=O)OC(C)C)[C@H](c2ccc(Cl)cc2)n2c(s/c(=C\c3ccc(I)o3)c2=O)=N1. The van der Waals surface area contributed by atoms with E-state index in [2.05, 4.69) is 27.6 Å². The van der Waals surface area contributed by atoms with E-state index in [9.17, 15) is 9.59 Å². The standard InChI is InChI=1S/C22H18ClIN2O4S/c1-11(2)29-21(28)18-12(3)25-22-26(19(18)13-4-6-14(23)7-5-13)20(27)16(31-22)10-15-8-9-17(24)30-15/h4-11,19H,1-3H3/b16-10-/t19-/m0/s1. The van der Waals surface area contributed by atoms with Crippen LogP contribution in [-0.4, -0.2) is 16.6 Å². The topological polar surface area (TPSA) is 73.8 Å². The van der Waals surface area contributed by atoms with Crippen LogP contribution in [0.4, 0.5) is 0 Å². The fourth-order valence-electron chi connectivity index (χ4n) is 3.36. The van der Waals surface area contributed by atoms with Crippen LogP contribution in [0.5, 0.6) is 0 Å². The maximum atomic E-state index is 13.4. The summed E-state index contributed by atoms with van der Waals surface area (Å²) in [6.07, 6.45) is 1.39. The third-order valence-electron chi connectivity index (χ3n) is 4.64. The number of aromatic nitrogens is 1. The van der Waals surface area contributed by atoms with Gasteiger partial charge in [-0.1, -0.05) is 35.1 Å². The van der Waals surface area contributed by atoms with Crippen LogP contribution in [0.2, 0.25) is 5.02 Å². The van der Waals surface area contributed by atoms with E-state index < -0.39 is 12.0 Å². The average molecular weight is 569 g/mol. The Hall–Kier alpha value is -2.17. The van der Waals surface area contributed by atoms with Crippen molar-refractivity contribution in [2.24, 2.45) is 4.99 Å². The third kappa shape index (κ3) is 4.42. The summed E-state index contributed by atoms with van der Waals surface area (Å²) >= 11 is 9.39. The summed E-state index contributed by atoms with van der Waals surface area (Å²) in [4.78, 5) is 31.5. The van der Waals surface area contributed by atoms with Crippen molar-refractivity contribution >= 4 is 57.6 Å². The molecule has 0 unspecified atom stereocenters. The van der Waals surface area contributed by atoms with Crippen molar-refractivity contribution in [3.8, 4) is 0 Å². The lowest BCUT2D eigenvalue weighted by molar-refractivity contribution is -0.143. The molecular weight excluding hydrogens is 551 g/mol. The van der Waals surface area contributed by atoms with Gasteiger partial charge in [0.2, 0.25) is 0 Å². The smallest absolute Gasteiger partial charge is 0.338 e. The van der Waals surface area contributed by atoms with E-state index in [0.29, 0.717) is 31.4 Å². The lowest BCUT2D eigenvalue weighted by atomic mass is 9.96. The minimum absolute atomic E-state index is 0.252. The van der Waals surface area contributed by atoms with Crippen LogP contribution in [-0.2, 0) is 9.53 Å². The van der Waals surface area contributed by atoms with E-state index in [0.717, 1.165) is 9.33 Å². The molecule has 0 saturated heterocycles. The van der Waals surface area contributed by atoms with Gasteiger partial charge in [0.05, 0.1) is 27.9 Å². The highest BCUT2D eigenvalue weighted by molar-refractivity contribution is 14.1. The number of fused-ring (bicyclic) bond motifs is 1. The zero-order valence-electron chi connectivity index (χ0n) is 16.9. The minimum atomic E-state index is -0.668. The number of rotatable bonds is 4. The summed E-state index contributed by atoms with van der Waals surface area (Å²) in [6, 6.07) is 10.0. The van der Waals surface area contributed by atoms with Crippen molar-refractivity contribution in [1.82, 2.24) is 4.57 Å². The molecular formula is C22H18ClIN2O4S. The maximum Gasteiger partial charge on any atom is 0.338 e. The number of thiazole rings is 1. The van der Waals surface area contributed by atoms with E-state index in [1.807, 2.05) is 6.07 Å². The highest BCUT2D eigenvalue weighted by Gasteiger charge is 2.33. The first-order valence-corrected chi connectivity index (χ1v) is 11.8. The van der Waals surface area contributed by atoms with Gasteiger partial charge in [0.15, 0.2) is 8.57 Å². The number of carbonyl (C=O) groups excluding carboxylic acids is 1. The zero-order chi connectivity index (χ0) is 22.3. The summed E-state index contributed by atoms with van der Waals surface area (Å²) in [5, 5.41) is 0.565. The van der Waals surface area contributed by atoms with E-state index >= 15 is 0 Å². The van der Waals surface area contributed by atoms with Crippen molar-refractivity contribution in [2.75, 3.05) is 0 Å². The first-order chi connectivity index (χ1) is 14.7. The largest absolute Gasteiger partial charge is 0.459 e. The molecule has 31 heavy (non-hydrogen) atoms. The van der Waals surface area contributed by atoms with Crippen LogP contribution in [0.25, 0.3) is 6.08 Å². The van der Waals surface area contributed by atoms with Gasteiger partial charge in [0.25, 0.3) is 5.56 Å². The fourth-order valence-corrected chi connectivity index (χ4v) is 4.94. The van der Waals surface area contributed by atoms with Gasteiger partial charge in [-0.3, -0.25) is 9.36 Å². The lowest BCUT2D eigenvalue weighted by Gasteiger charge is -2.25. The highest BCUT2D eigenvalue weighted by atomic mass is 127. The summed E-state index contributed by atoms with van der Waals surface area (Å²) in [6.45, 7) is 5.32.